The number of fused-ring (bicyclic) bond motifs is 1. The zero-order valence-electron chi connectivity index (χ0n) is 13.4. The summed E-state index contributed by atoms with van der Waals surface area (Å²) in [6, 6.07) is 7.49. The molecule has 5 nitrogen and oxygen atoms in total. The lowest BCUT2D eigenvalue weighted by Crippen LogP contribution is -2.41. The maximum atomic E-state index is 13.0. The summed E-state index contributed by atoms with van der Waals surface area (Å²) < 4.78 is 10.9. The summed E-state index contributed by atoms with van der Waals surface area (Å²) in [5.74, 6) is 0.759. The van der Waals surface area contributed by atoms with E-state index >= 15 is 0 Å². The van der Waals surface area contributed by atoms with E-state index in [9.17, 15) is 9.59 Å². The molecule has 0 unspecified atom stereocenters. The van der Waals surface area contributed by atoms with Crippen LogP contribution in [0, 0.1) is 23.7 Å². The van der Waals surface area contributed by atoms with Gasteiger partial charge >= 0.3 is 5.97 Å². The van der Waals surface area contributed by atoms with Crippen LogP contribution in [0.5, 0.6) is 5.75 Å². The van der Waals surface area contributed by atoms with Crippen LogP contribution in [0.15, 0.2) is 24.3 Å². The number of carbonyl (C=O) groups is 2. The Kier molecular flexibility index (Phi) is 3.32. The van der Waals surface area contributed by atoms with E-state index in [1.807, 2.05) is 31.2 Å². The Morgan fingerprint density at radius 1 is 1.30 bits per heavy atom. The van der Waals surface area contributed by atoms with Gasteiger partial charge in [-0.05, 0) is 49.9 Å². The van der Waals surface area contributed by atoms with E-state index in [4.69, 9.17) is 9.47 Å². The molecule has 5 atom stereocenters. The van der Waals surface area contributed by atoms with Crippen molar-refractivity contribution in [2.75, 3.05) is 18.6 Å². The van der Waals surface area contributed by atoms with Crippen molar-refractivity contribution < 1.29 is 19.1 Å². The monoisotopic (exact) mass is 315 g/mol. The molecule has 1 amide bonds. The average molecular weight is 315 g/mol. The molecule has 1 aliphatic heterocycles. The third-order valence-electron chi connectivity index (χ3n) is 5.63. The fourth-order valence-corrected chi connectivity index (χ4v) is 4.62. The minimum atomic E-state index is -0.226. The van der Waals surface area contributed by atoms with E-state index in [1.54, 1.807) is 11.9 Å². The molecule has 1 heterocycles. The topological polar surface area (TPSA) is 55.8 Å². The molecular formula is C18H21NO4. The first-order chi connectivity index (χ1) is 11.1. The quantitative estimate of drug-likeness (QED) is 0.800. The van der Waals surface area contributed by atoms with E-state index in [0.717, 1.165) is 24.3 Å². The maximum absolute atomic E-state index is 13.0. The first kappa shape index (κ1) is 14.5. The van der Waals surface area contributed by atoms with Crippen molar-refractivity contribution in [2.45, 2.75) is 25.9 Å². The van der Waals surface area contributed by atoms with Gasteiger partial charge in [0, 0.05) is 18.7 Å². The molecule has 3 fully saturated rings. The summed E-state index contributed by atoms with van der Waals surface area (Å²) in [5, 5.41) is 0. The number of nitrogens with zero attached hydrogens (tertiary/aromatic N) is 1. The van der Waals surface area contributed by atoms with Crippen molar-refractivity contribution in [3.05, 3.63) is 24.3 Å². The van der Waals surface area contributed by atoms with Gasteiger partial charge in [-0.2, -0.15) is 0 Å². The number of anilines is 1. The Labute approximate surface area is 135 Å². The molecule has 5 heteroatoms. The maximum Gasteiger partial charge on any atom is 0.310 e. The fourth-order valence-electron chi connectivity index (χ4n) is 4.62. The minimum absolute atomic E-state index is 0.0314. The van der Waals surface area contributed by atoms with Crippen molar-refractivity contribution in [1.82, 2.24) is 0 Å². The molecule has 3 aliphatic rings. The Bertz CT molecular complexity index is 639. The lowest BCUT2D eigenvalue weighted by atomic mass is 9.79. The molecule has 23 heavy (non-hydrogen) atoms. The van der Waals surface area contributed by atoms with Crippen LogP contribution in [-0.4, -0.2) is 31.6 Å². The van der Waals surface area contributed by atoms with Crippen LogP contribution in [0.25, 0.3) is 0 Å². The van der Waals surface area contributed by atoms with Crippen molar-refractivity contribution in [2.24, 2.45) is 23.7 Å². The highest BCUT2D eigenvalue weighted by Crippen LogP contribution is 2.58. The van der Waals surface area contributed by atoms with Gasteiger partial charge in [0.05, 0.1) is 18.4 Å². The molecule has 2 aliphatic carbocycles. The number of esters is 1. The first-order valence-corrected chi connectivity index (χ1v) is 8.31. The number of hydrogen-bond acceptors (Lipinski definition) is 4. The number of amides is 1. The second-order valence-corrected chi connectivity index (χ2v) is 6.75. The smallest absolute Gasteiger partial charge is 0.310 e. The second-order valence-electron chi connectivity index (χ2n) is 6.75. The van der Waals surface area contributed by atoms with Crippen molar-refractivity contribution in [1.29, 1.82) is 0 Å². The molecule has 0 radical (unpaired) electrons. The summed E-state index contributed by atoms with van der Waals surface area (Å²) in [4.78, 5) is 26.7. The summed E-state index contributed by atoms with van der Waals surface area (Å²) in [6.07, 6.45) is 1.87. The van der Waals surface area contributed by atoms with Crippen molar-refractivity contribution in [3.8, 4) is 5.75 Å². The van der Waals surface area contributed by atoms with E-state index in [1.165, 1.54) is 0 Å². The van der Waals surface area contributed by atoms with Crippen LogP contribution < -0.4 is 9.64 Å². The standard InChI is InChI=1S/C18H21NO4/c1-3-22-12-6-4-11(5-7-12)19(2)17(20)15-10-8-13-14(9-10)23-18(21)16(13)15/h4-7,10,13-16H,3,8-9H2,1-2H3/t10-,13+,14+,15-,16+/m0/s1. The lowest BCUT2D eigenvalue weighted by Gasteiger charge is -2.28. The first-order valence-electron chi connectivity index (χ1n) is 8.31. The van der Waals surface area contributed by atoms with Gasteiger partial charge in [-0.3, -0.25) is 9.59 Å². The summed E-state index contributed by atoms with van der Waals surface area (Å²) in [7, 11) is 1.78. The third-order valence-corrected chi connectivity index (χ3v) is 5.63. The Balaban J connectivity index is 1.53. The van der Waals surface area contributed by atoms with Gasteiger partial charge < -0.3 is 14.4 Å². The van der Waals surface area contributed by atoms with Gasteiger partial charge in [0.2, 0.25) is 5.91 Å². The van der Waals surface area contributed by atoms with Crippen LogP contribution in [0.2, 0.25) is 0 Å². The largest absolute Gasteiger partial charge is 0.494 e. The molecule has 1 aromatic rings. The zero-order chi connectivity index (χ0) is 16.1. The van der Waals surface area contributed by atoms with Gasteiger partial charge in [-0.15, -0.1) is 0 Å². The van der Waals surface area contributed by atoms with Gasteiger partial charge in [-0.1, -0.05) is 0 Å². The number of hydrogen-bond donors (Lipinski definition) is 0. The molecule has 2 bridgehead atoms. The zero-order valence-corrected chi connectivity index (χ0v) is 13.4. The highest BCUT2D eigenvalue weighted by molar-refractivity contribution is 5.98. The molecule has 122 valence electrons. The van der Waals surface area contributed by atoms with Crippen LogP contribution in [0.3, 0.4) is 0 Å². The van der Waals surface area contributed by atoms with Gasteiger partial charge in [0.1, 0.15) is 11.9 Å². The number of carbonyl (C=O) groups excluding carboxylic acids is 2. The lowest BCUT2D eigenvalue weighted by molar-refractivity contribution is -0.145. The molecule has 2 saturated carbocycles. The molecule has 0 spiro atoms. The summed E-state index contributed by atoms with van der Waals surface area (Å²) in [5.41, 5.74) is 0.823. The molecule has 1 saturated heterocycles. The highest BCUT2D eigenvalue weighted by atomic mass is 16.6. The predicted molar refractivity (Wildman–Crippen MR) is 84.1 cm³/mol. The summed E-state index contributed by atoms with van der Waals surface area (Å²) in [6.45, 7) is 2.55. The molecule has 0 aromatic heterocycles. The molecule has 4 rings (SSSR count). The van der Waals surface area contributed by atoms with E-state index in [-0.39, 0.29) is 35.7 Å². The molecule has 0 N–H and O–H groups in total. The predicted octanol–water partition coefficient (Wildman–Crippen LogP) is 2.25. The Hall–Kier alpha value is -2.04. The van der Waals surface area contributed by atoms with Gasteiger partial charge in [0.15, 0.2) is 0 Å². The fraction of sp³-hybridized carbons (Fsp3) is 0.556. The number of rotatable bonds is 4. The Morgan fingerprint density at radius 2 is 2.04 bits per heavy atom. The number of ether oxygens (including phenoxy) is 2. The Morgan fingerprint density at radius 3 is 2.74 bits per heavy atom. The molecule has 1 aromatic carbocycles. The molecular weight excluding hydrogens is 294 g/mol. The SMILES string of the molecule is CCOc1ccc(N(C)C(=O)[C@H]2[C@H]3C[C@H]4[C@H]2C(=O)O[C@@H]4C3)cc1. The number of benzene rings is 1. The van der Waals surface area contributed by atoms with Crippen LogP contribution in [0.1, 0.15) is 19.8 Å². The van der Waals surface area contributed by atoms with Gasteiger partial charge in [-0.25, -0.2) is 0 Å². The van der Waals surface area contributed by atoms with Gasteiger partial charge in [0.25, 0.3) is 0 Å². The van der Waals surface area contributed by atoms with Crippen LogP contribution >= 0.6 is 0 Å². The van der Waals surface area contributed by atoms with Crippen LogP contribution in [-0.2, 0) is 14.3 Å². The average Bonchev–Trinajstić information content (AvgIpc) is 3.16. The van der Waals surface area contributed by atoms with E-state index in [2.05, 4.69) is 0 Å². The van der Waals surface area contributed by atoms with Crippen LogP contribution in [0.4, 0.5) is 5.69 Å². The van der Waals surface area contributed by atoms with Crippen molar-refractivity contribution >= 4 is 17.6 Å². The second kappa shape index (κ2) is 5.25. The third kappa shape index (κ3) is 2.13. The highest BCUT2D eigenvalue weighted by Gasteiger charge is 2.64. The minimum Gasteiger partial charge on any atom is -0.494 e. The summed E-state index contributed by atoms with van der Waals surface area (Å²) >= 11 is 0. The van der Waals surface area contributed by atoms with E-state index < -0.39 is 0 Å². The van der Waals surface area contributed by atoms with E-state index in [0.29, 0.717) is 12.5 Å². The normalized spacial score (nSPS) is 33.7. The van der Waals surface area contributed by atoms with Crippen molar-refractivity contribution in [3.63, 3.8) is 0 Å².